The Hall–Kier alpha value is -0.760. The fourth-order valence-corrected chi connectivity index (χ4v) is 1.07. The first kappa shape index (κ1) is 10.3. The Kier molecular flexibility index (Phi) is 3.15. The van der Waals surface area contributed by atoms with Crippen molar-refractivity contribution >= 4 is 17.4 Å². The van der Waals surface area contributed by atoms with Gasteiger partial charge >= 0.3 is 0 Å². The molecule has 1 N–H and O–H groups in total. The molecule has 1 heterocycles. The molecule has 0 spiro atoms. The third kappa shape index (κ3) is 3.23. The number of halogens is 1. The summed E-state index contributed by atoms with van der Waals surface area (Å²) in [4.78, 5) is 4.18. The Bertz CT molecular complexity index is 284. The summed E-state index contributed by atoms with van der Waals surface area (Å²) in [5.74, 6) is 0.833. The molecule has 1 aromatic rings. The molecule has 0 aliphatic heterocycles. The first-order valence-electron chi connectivity index (χ1n) is 4.43. The van der Waals surface area contributed by atoms with E-state index in [0.717, 1.165) is 12.2 Å². The molecule has 0 aromatic carbocycles. The third-order valence-corrected chi connectivity index (χ3v) is 2.31. The first-order valence-corrected chi connectivity index (χ1v) is 4.81. The van der Waals surface area contributed by atoms with E-state index in [1.807, 2.05) is 6.07 Å². The maximum atomic E-state index is 5.84. The predicted octanol–water partition coefficient (Wildman–Crippen LogP) is 3.34. The van der Waals surface area contributed by atoms with Gasteiger partial charge in [0.1, 0.15) is 5.82 Å². The van der Waals surface area contributed by atoms with E-state index in [2.05, 4.69) is 31.1 Å². The van der Waals surface area contributed by atoms with Crippen LogP contribution in [0.5, 0.6) is 0 Å². The number of pyridine rings is 1. The van der Waals surface area contributed by atoms with E-state index >= 15 is 0 Å². The molecule has 72 valence electrons. The molecule has 0 bridgehead atoms. The SMILES string of the molecule is CCC(C)(C)Nc1cc(Cl)ccn1. The molecule has 0 fully saturated rings. The average Bonchev–Trinajstić information content (AvgIpc) is 2.03. The molecule has 3 heteroatoms. The Morgan fingerprint density at radius 3 is 2.77 bits per heavy atom. The van der Waals surface area contributed by atoms with E-state index in [0.29, 0.717) is 5.02 Å². The van der Waals surface area contributed by atoms with Crippen LogP contribution in [0.1, 0.15) is 27.2 Å². The molecule has 0 saturated carbocycles. The van der Waals surface area contributed by atoms with Crippen LogP contribution in [0, 0.1) is 0 Å². The number of nitrogens with one attached hydrogen (secondary N) is 1. The normalized spacial score (nSPS) is 11.4. The lowest BCUT2D eigenvalue weighted by atomic mass is 10.0. The van der Waals surface area contributed by atoms with Crippen LogP contribution in [0.2, 0.25) is 5.02 Å². The standard InChI is InChI=1S/C10H15ClN2/c1-4-10(2,3)13-9-7-8(11)5-6-12-9/h5-7H,4H2,1-3H3,(H,12,13). The molecule has 1 aromatic heterocycles. The van der Waals surface area contributed by atoms with E-state index < -0.39 is 0 Å². The molecule has 0 radical (unpaired) electrons. The average molecular weight is 199 g/mol. The largest absolute Gasteiger partial charge is 0.365 e. The second-order valence-electron chi connectivity index (χ2n) is 3.72. The molecule has 0 saturated heterocycles. The second-order valence-corrected chi connectivity index (χ2v) is 4.16. The highest BCUT2D eigenvalue weighted by Crippen LogP contribution is 2.18. The zero-order valence-electron chi connectivity index (χ0n) is 8.26. The summed E-state index contributed by atoms with van der Waals surface area (Å²) in [7, 11) is 0. The van der Waals surface area contributed by atoms with Crippen molar-refractivity contribution in [2.45, 2.75) is 32.7 Å². The minimum atomic E-state index is 0.0671. The molecule has 13 heavy (non-hydrogen) atoms. The highest BCUT2D eigenvalue weighted by Gasteiger charge is 2.14. The topological polar surface area (TPSA) is 24.9 Å². The van der Waals surface area contributed by atoms with E-state index in [4.69, 9.17) is 11.6 Å². The van der Waals surface area contributed by atoms with E-state index in [-0.39, 0.29) is 5.54 Å². The van der Waals surface area contributed by atoms with Gasteiger partial charge in [0.05, 0.1) is 0 Å². The van der Waals surface area contributed by atoms with Gasteiger partial charge in [-0.25, -0.2) is 4.98 Å². The number of rotatable bonds is 3. The van der Waals surface area contributed by atoms with Crippen molar-refractivity contribution in [3.05, 3.63) is 23.4 Å². The lowest BCUT2D eigenvalue weighted by molar-refractivity contribution is 0.545. The molecular formula is C10H15ClN2. The van der Waals surface area contributed by atoms with Gasteiger partial charge in [-0.1, -0.05) is 18.5 Å². The number of aromatic nitrogens is 1. The molecule has 2 nitrogen and oxygen atoms in total. The molecule has 0 amide bonds. The van der Waals surface area contributed by atoms with Crippen molar-refractivity contribution in [3.8, 4) is 0 Å². The summed E-state index contributed by atoms with van der Waals surface area (Å²) in [6, 6.07) is 3.60. The Labute approximate surface area is 84.3 Å². The Morgan fingerprint density at radius 2 is 2.23 bits per heavy atom. The zero-order valence-corrected chi connectivity index (χ0v) is 9.02. The molecule has 0 unspecified atom stereocenters. The van der Waals surface area contributed by atoms with Crippen LogP contribution < -0.4 is 5.32 Å². The summed E-state index contributed by atoms with van der Waals surface area (Å²) in [5, 5.41) is 4.03. The van der Waals surface area contributed by atoms with Crippen LogP contribution in [0.25, 0.3) is 0 Å². The second kappa shape index (κ2) is 3.97. The quantitative estimate of drug-likeness (QED) is 0.806. The van der Waals surface area contributed by atoms with Gasteiger partial charge in [0.15, 0.2) is 0 Å². The number of hydrogen-bond donors (Lipinski definition) is 1. The maximum Gasteiger partial charge on any atom is 0.127 e. The summed E-state index contributed by atoms with van der Waals surface area (Å²) < 4.78 is 0. The van der Waals surface area contributed by atoms with Crippen LogP contribution in [0.3, 0.4) is 0 Å². The maximum absolute atomic E-state index is 5.84. The summed E-state index contributed by atoms with van der Waals surface area (Å²) in [6.07, 6.45) is 2.75. The van der Waals surface area contributed by atoms with Gasteiger partial charge in [0.25, 0.3) is 0 Å². The molecule has 0 aliphatic carbocycles. The number of nitrogens with zero attached hydrogens (tertiary/aromatic N) is 1. The van der Waals surface area contributed by atoms with Gasteiger partial charge in [-0.05, 0) is 32.4 Å². The smallest absolute Gasteiger partial charge is 0.127 e. The fourth-order valence-electron chi connectivity index (χ4n) is 0.908. The van der Waals surface area contributed by atoms with Gasteiger partial charge in [0.2, 0.25) is 0 Å². The van der Waals surface area contributed by atoms with Crippen LogP contribution in [0.15, 0.2) is 18.3 Å². The fraction of sp³-hybridized carbons (Fsp3) is 0.500. The number of hydrogen-bond acceptors (Lipinski definition) is 2. The minimum Gasteiger partial charge on any atom is -0.365 e. The van der Waals surface area contributed by atoms with E-state index in [1.165, 1.54) is 0 Å². The highest BCUT2D eigenvalue weighted by molar-refractivity contribution is 6.30. The van der Waals surface area contributed by atoms with Crippen LogP contribution in [0.4, 0.5) is 5.82 Å². The minimum absolute atomic E-state index is 0.0671. The van der Waals surface area contributed by atoms with Crippen molar-refractivity contribution in [3.63, 3.8) is 0 Å². The first-order chi connectivity index (χ1) is 6.03. The van der Waals surface area contributed by atoms with Gasteiger partial charge in [0, 0.05) is 16.8 Å². The van der Waals surface area contributed by atoms with Crippen LogP contribution in [-0.2, 0) is 0 Å². The van der Waals surface area contributed by atoms with Gasteiger partial charge in [-0.15, -0.1) is 0 Å². The van der Waals surface area contributed by atoms with Crippen LogP contribution in [-0.4, -0.2) is 10.5 Å². The predicted molar refractivity (Wildman–Crippen MR) is 57.2 cm³/mol. The summed E-state index contributed by atoms with van der Waals surface area (Å²) in [5.41, 5.74) is 0.0671. The van der Waals surface area contributed by atoms with Crippen molar-refractivity contribution in [1.82, 2.24) is 4.98 Å². The summed E-state index contributed by atoms with van der Waals surface area (Å²) in [6.45, 7) is 6.41. The zero-order chi connectivity index (χ0) is 9.90. The number of anilines is 1. The van der Waals surface area contributed by atoms with Crippen molar-refractivity contribution < 1.29 is 0 Å². The van der Waals surface area contributed by atoms with Crippen LogP contribution >= 0.6 is 11.6 Å². The van der Waals surface area contributed by atoms with Gasteiger partial charge < -0.3 is 5.32 Å². The summed E-state index contributed by atoms with van der Waals surface area (Å²) >= 11 is 5.84. The lowest BCUT2D eigenvalue weighted by Gasteiger charge is -2.25. The monoisotopic (exact) mass is 198 g/mol. The lowest BCUT2D eigenvalue weighted by Crippen LogP contribution is -2.29. The molecular weight excluding hydrogens is 184 g/mol. The van der Waals surface area contributed by atoms with E-state index in [1.54, 1.807) is 12.3 Å². The van der Waals surface area contributed by atoms with Crippen molar-refractivity contribution in [2.75, 3.05) is 5.32 Å². The van der Waals surface area contributed by atoms with E-state index in [9.17, 15) is 0 Å². The Morgan fingerprint density at radius 1 is 1.54 bits per heavy atom. The third-order valence-electron chi connectivity index (χ3n) is 2.07. The molecule has 0 aliphatic rings. The Balaban J connectivity index is 2.74. The molecule has 1 rings (SSSR count). The van der Waals surface area contributed by atoms with Gasteiger partial charge in [-0.2, -0.15) is 0 Å². The van der Waals surface area contributed by atoms with Crippen molar-refractivity contribution in [2.24, 2.45) is 0 Å². The molecule has 0 atom stereocenters. The highest BCUT2D eigenvalue weighted by atomic mass is 35.5. The van der Waals surface area contributed by atoms with Gasteiger partial charge in [-0.3, -0.25) is 0 Å². The van der Waals surface area contributed by atoms with Crippen molar-refractivity contribution in [1.29, 1.82) is 0 Å².